The molecule has 3 rings (SSSR count). The van der Waals surface area contributed by atoms with Crippen molar-refractivity contribution >= 4 is 16.9 Å². The van der Waals surface area contributed by atoms with Crippen LogP contribution in [0.3, 0.4) is 0 Å². The number of nitrogens with one attached hydrogen (secondary N) is 1. The number of rotatable bonds is 5. The van der Waals surface area contributed by atoms with Gasteiger partial charge in [-0.25, -0.2) is 19.0 Å². The minimum atomic E-state index is -0.327. The summed E-state index contributed by atoms with van der Waals surface area (Å²) in [5.74, 6) is 0.322. The molecule has 0 saturated carbocycles. The molecule has 6 nitrogen and oxygen atoms in total. The number of anilines is 1. The normalized spacial score (nSPS) is 11.0. The van der Waals surface area contributed by atoms with Crippen LogP contribution in [-0.4, -0.2) is 38.0 Å². The van der Waals surface area contributed by atoms with Crippen molar-refractivity contribution < 1.29 is 9.50 Å². The quantitative estimate of drug-likeness (QED) is 0.699. The second-order valence-electron chi connectivity index (χ2n) is 4.50. The molecular weight excluding hydrogens is 273 g/mol. The van der Waals surface area contributed by atoms with E-state index >= 15 is 0 Å². The molecule has 0 aliphatic carbocycles. The first kappa shape index (κ1) is 13.4. The van der Waals surface area contributed by atoms with Crippen LogP contribution in [0, 0.1) is 5.82 Å². The minimum absolute atomic E-state index is 0.115. The van der Waals surface area contributed by atoms with E-state index in [1.165, 1.54) is 18.5 Å². The van der Waals surface area contributed by atoms with Crippen molar-refractivity contribution in [2.24, 2.45) is 0 Å². The van der Waals surface area contributed by atoms with Gasteiger partial charge < -0.3 is 10.4 Å². The first-order valence-electron chi connectivity index (χ1n) is 6.59. The van der Waals surface area contributed by atoms with Gasteiger partial charge in [0.05, 0.1) is 17.3 Å². The number of benzene rings is 1. The Kier molecular flexibility index (Phi) is 3.74. The maximum Gasteiger partial charge on any atom is 0.168 e. The summed E-state index contributed by atoms with van der Waals surface area (Å²) in [6, 6.07) is 6.16. The van der Waals surface area contributed by atoms with Gasteiger partial charge in [0, 0.05) is 13.2 Å². The lowest BCUT2D eigenvalue weighted by molar-refractivity contribution is 0.292. The molecule has 0 atom stereocenters. The average molecular weight is 287 g/mol. The monoisotopic (exact) mass is 287 g/mol. The third kappa shape index (κ3) is 2.68. The van der Waals surface area contributed by atoms with Crippen LogP contribution in [-0.2, 0) is 0 Å². The highest BCUT2D eigenvalue weighted by atomic mass is 19.1. The highest BCUT2D eigenvalue weighted by molar-refractivity contribution is 5.87. The average Bonchev–Trinajstić information content (AvgIpc) is 2.92. The Labute approximate surface area is 120 Å². The maximum atomic E-state index is 13.3. The van der Waals surface area contributed by atoms with Gasteiger partial charge >= 0.3 is 0 Å². The van der Waals surface area contributed by atoms with Crippen molar-refractivity contribution in [3.05, 3.63) is 42.6 Å². The standard InChI is InChI=1S/C14H14FN5O/c15-10-3-1-4-11(7-10)20-14-12(8-19-20)13(17-9-18-14)16-5-2-6-21/h1,3-4,7-9,21H,2,5-6H2,(H,16,17,18). The minimum Gasteiger partial charge on any atom is -0.396 e. The molecule has 0 unspecified atom stereocenters. The van der Waals surface area contributed by atoms with Crippen molar-refractivity contribution in [3.8, 4) is 5.69 Å². The van der Waals surface area contributed by atoms with E-state index < -0.39 is 0 Å². The van der Waals surface area contributed by atoms with Gasteiger partial charge in [0.15, 0.2) is 5.65 Å². The fraction of sp³-hybridized carbons (Fsp3) is 0.214. The van der Waals surface area contributed by atoms with E-state index in [9.17, 15) is 4.39 Å². The molecule has 0 bridgehead atoms. The lowest BCUT2D eigenvalue weighted by atomic mass is 10.3. The van der Waals surface area contributed by atoms with E-state index in [4.69, 9.17) is 5.11 Å². The SMILES string of the molecule is OCCCNc1ncnc2c1cnn2-c1cccc(F)c1. The number of aliphatic hydroxyl groups excluding tert-OH is 1. The van der Waals surface area contributed by atoms with Crippen LogP contribution in [0.4, 0.5) is 10.2 Å². The number of aromatic nitrogens is 4. The number of fused-ring (bicyclic) bond motifs is 1. The van der Waals surface area contributed by atoms with Crippen LogP contribution in [0.25, 0.3) is 16.7 Å². The van der Waals surface area contributed by atoms with Crippen molar-refractivity contribution in [1.29, 1.82) is 0 Å². The summed E-state index contributed by atoms with van der Waals surface area (Å²) >= 11 is 0. The van der Waals surface area contributed by atoms with Gasteiger partial charge in [-0.05, 0) is 24.6 Å². The molecule has 0 aliphatic rings. The smallest absolute Gasteiger partial charge is 0.168 e. The van der Waals surface area contributed by atoms with E-state index in [0.29, 0.717) is 30.1 Å². The molecule has 0 amide bonds. The molecule has 0 spiro atoms. The molecule has 0 radical (unpaired) electrons. The van der Waals surface area contributed by atoms with Crippen LogP contribution in [0.1, 0.15) is 6.42 Å². The Morgan fingerprint density at radius 2 is 2.19 bits per heavy atom. The van der Waals surface area contributed by atoms with Gasteiger partial charge in [-0.15, -0.1) is 0 Å². The number of hydrogen-bond donors (Lipinski definition) is 2. The van der Waals surface area contributed by atoms with Gasteiger partial charge in [-0.2, -0.15) is 5.10 Å². The summed E-state index contributed by atoms with van der Waals surface area (Å²) in [7, 11) is 0. The molecule has 0 fully saturated rings. The Morgan fingerprint density at radius 3 is 3.00 bits per heavy atom. The lowest BCUT2D eigenvalue weighted by Crippen LogP contribution is -2.06. The highest BCUT2D eigenvalue weighted by Crippen LogP contribution is 2.21. The van der Waals surface area contributed by atoms with Gasteiger partial charge in [0.1, 0.15) is 18.0 Å². The lowest BCUT2D eigenvalue weighted by Gasteiger charge is -2.06. The van der Waals surface area contributed by atoms with Crippen molar-refractivity contribution in [1.82, 2.24) is 19.7 Å². The van der Waals surface area contributed by atoms with E-state index in [0.717, 1.165) is 5.39 Å². The Morgan fingerprint density at radius 1 is 1.29 bits per heavy atom. The zero-order valence-corrected chi connectivity index (χ0v) is 11.2. The highest BCUT2D eigenvalue weighted by Gasteiger charge is 2.11. The first-order valence-corrected chi connectivity index (χ1v) is 6.59. The van der Waals surface area contributed by atoms with Crippen molar-refractivity contribution in [2.45, 2.75) is 6.42 Å². The van der Waals surface area contributed by atoms with E-state index in [1.807, 2.05) is 0 Å². The van der Waals surface area contributed by atoms with Crippen LogP contribution in [0.5, 0.6) is 0 Å². The number of aliphatic hydroxyl groups is 1. The van der Waals surface area contributed by atoms with Gasteiger partial charge in [0.25, 0.3) is 0 Å². The molecule has 0 saturated heterocycles. The Balaban J connectivity index is 2.01. The van der Waals surface area contributed by atoms with Crippen molar-refractivity contribution in [3.63, 3.8) is 0 Å². The van der Waals surface area contributed by atoms with Gasteiger partial charge in [-0.3, -0.25) is 0 Å². The third-order valence-corrected chi connectivity index (χ3v) is 3.05. The van der Waals surface area contributed by atoms with Crippen LogP contribution in [0.15, 0.2) is 36.8 Å². The molecular formula is C14H14FN5O. The second-order valence-corrected chi connectivity index (χ2v) is 4.50. The summed E-state index contributed by atoms with van der Waals surface area (Å²) < 4.78 is 14.9. The molecule has 2 heterocycles. The summed E-state index contributed by atoms with van der Waals surface area (Å²) in [5, 5.41) is 16.9. The molecule has 2 N–H and O–H groups in total. The molecule has 108 valence electrons. The van der Waals surface area contributed by atoms with Crippen LogP contribution in [0.2, 0.25) is 0 Å². The molecule has 0 aliphatic heterocycles. The number of hydrogen-bond acceptors (Lipinski definition) is 5. The van der Waals surface area contributed by atoms with E-state index in [-0.39, 0.29) is 12.4 Å². The molecule has 1 aromatic carbocycles. The molecule has 21 heavy (non-hydrogen) atoms. The predicted octanol–water partition coefficient (Wildman–Crippen LogP) is 1.75. The van der Waals surface area contributed by atoms with Crippen LogP contribution >= 0.6 is 0 Å². The van der Waals surface area contributed by atoms with Gasteiger partial charge in [-0.1, -0.05) is 6.07 Å². The van der Waals surface area contributed by atoms with E-state index in [1.54, 1.807) is 23.0 Å². The predicted molar refractivity (Wildman–Crippen MR) is 76.8 cm³/mol. The zero-order chi connectivity index (χ0) is 14.7. The molecule has 2 aromatic heterocycles. The third-order valence-electron chi connectivity index (χ3n) is 3.05. The maximum absolute atomic E-state index is 13.3. The Bertz CT molecular complexity index is 758. The fourth-order valence-electron chi connectivity index (χ4n) is 2.07. The largest absolute Gasteiger partial charge is 0.396 e. The van der Waals surface area contributed by atoms with E-state index in [2.05, 4.69) is 20.4 Å². The fourth-order valence-corrected chi connectivity index (χ4v) is 2.07. The molecule has 3 aromatic rings. The summed E-state index contributed by atoms with van der Waals surface area (Å²) in [5.41, 5.74) is 1.20. The Hall–Kier alpha value is -2.54. The summed E-state index contributed by atoms with van der Waals surface area (Å²) in [6.45, 7) is 0.720. The van der Waals surface area contributed by atoms with Crippen LogP contribution < -0.4 is 5.32 Å². The summed E-state index contributed by atoms with van der Waals surface area (Å²) in [4.78, 5) is 8.39. The van der Waals surface area contributed by atoms with Crippen molar-refractivity contribution in [2.75, 3.05) is 18.5 Å². The second kappa shape index (κ2) is 5.84. The first-order chi connectivity index (χ1) is 10.3. The molecule has 7 heteroatoms. The zero-order valence-electron chi connectivity index (χ0n) is 11.2. The number of nitrogens with zero attached hydrogens (tertiary/aromatic N) is 4. The van der Waals surface area contributed by atoms with Gasteiger partial charge in [0.2, 0.25) is 0 Å². The summed E-state index contributed by atoms with van der Waals surface area (Å²) in [6.07, 6.45) is 3.70. The topological polar surface area (TPSA) is 75.9 Å². The number of halogens is 1.